The third-order valence-electron chi connectivity index (χ3n) is 3.38. The fraction of sp³-hybridized carbons (Fsp3) is 0.667. The largest absolute Gasteiger partial charge is 0.388 e. The van der Waals surface area contributed by atoms with Crippen LogP contribution in [0.1, 0.15) is 30.2 Å². The Hall–Kier alpha value is -0.430. The molecule has 1 aliphatic heterocycles. The molecule has 0 radical (unpaired) electrons. The van der Waals surface area contributed by atoms with Crippen molar-refractivity contribution in [1.29, 1.82) is 0 Å². The summed E-state index contributed by atoms with van der Waals surface area (Å²) >= 11 is 1.54. The monoisotopic (exact) mass is 289 g/mol. The SMILES string of the molecule is CS(=O)(=O)N1CCCC(CC(O)c2cccs2)C1. The second-order valence-corrected chi connectivity index (χ2v) is 7.86. The van der Waals surface area contributed by atoms with Crippen LogP contribution in [0.4, 0.5) is 0 Å². The zero-order valence-corrected chi connectivity index (χ0v) is 12.1. The molecule has 2 atom stereocenters. The maximum absolute atomic E-state index is 11.5. The highest BCUT2D eigenvalue weighted by atomic mass is 32.2. The fourth-order valence-corrected chi connectivity index (χ4v) is 4.10. The van der Waals surface area contributed by atoms with Crippen molar-refractivity contribution in [1.82, 2.24) is 4.31 Å². The molecule has 18 heavy (non-hydrogen) atoms. The van der Waals surface area contributed by atoms with Crippen molar-refractivity contribution in [3.63, 3.8) is 0 Å². The van der Waals surface area contributed by atoms with Crippen LogP contribution < -0.4 is 0 Å². The van der Waals surface area contributed by atoms with E-state index in [9.17, 15) is 13.5 Å². The number of sulfonamides is 1. The van der Waals surface area contributed by atoms with Crippen molar-refractivity contribution in [2.45, 2.75) is 25.4 Å². The summed E-state index contributed by atoms with van der Waals surface area (Å²) in [5, 5.41) is 12.0. The molecule has 0 aromatic carbocycles. The quantitative estimate of drug-likeness (QED) is 0.920. The summed E-state index contributed by atoms with van der Waals surface area (Å²) in [6.45, 7) is 1.16. The molecule has 1 N–H and O–H groups in total. The molecule has 0 saturated carbocycles. The Morgan fingerprint density at radius 1 is 1.61 bits per heavy atom. The predicted octanol–water partition coefficient (Wildman–Crippen LogP) is 1.84. The molecule has 1 aliphatic rings. The highest BCUT2D eigenvalue weighted by Crippen LogP contribution is 2.30. The maximum atomic E-state index is 11.5. The van der Waals surface area contributed by atoms with E-state index in [2.05, 4.69) is 0 Å². The lowest BCUT2D eigenvalue weighted by molar-refractivity contribution is 0.125. The van der Waals surface area contributed by atoms with Crippen molar-refractivity contribution in [2.24, 2.45) is 5.92 Å². The third-order valence-corrected chi connectivity index (χ3v) is 5.62. The molecule has 1 fully saturated rings. The third kappa shape index (κ3) is 3.54. The first-order valence-corrected chi connectivity index (χ1v) is 8.86. The Kier molecular flexibility index (Phi) is 4.42. The summed E-state index contributed by atoms with van der Waals surface area (Å²) in [5.74, 6) is 0.255. The van der Waals surface area contributed by atoms with Gasteiger partial charge in [0.25, 0.3) is 0 Å². The minimum Gasteiger partial charge on any atom is -0.388 e. The summed E-state index contributed by atoms with van der Waals surface area (Å²) in [4.78, 5) is 0.964. The second kappa shape index (κ2) is 5.69. The lowest BCUT2D eigenvalue weighted by atomic mass is 9.93. The molecule has 0 aliphatic carbocycles. The van der Waals surface area contributed by atoms with Gasteiger partial charge < -0.3 is 5.11 Å². The Labute approximate surface area is 112 Å². The van der Waals surface area contributed by atoms with Crippen LogP contribution in [-0.2, 0) is 10.0 Å². The van der Waals surface area contributed by atoms with Gasteiger partial charge >= 0.3 is 0 Å². The topological polar surface area (TPSA) is 57.6 Å². The van der Waals surface area contributed by atoms with Crippen LogP contribution >= 0.6 is 11.3 Å². The smallest absolute Gasteiger partial charge is 0.211 e. The highest BCUT2D eigenvalue weighted by Gasteiger charge is 2.27. The highest BCUT2D eigenvalue weighted by molar-refractivity contribution is 7.88. The standard InChI is InChI=1S/C12H19NO3S2/c1-18(15,16)13-6-2-4-10(9-13)8-11(14)12-5-3-7-17-12/h3,5,7,10-11,14H,2,4,6,8-9H2,1H3. The first-order chi connectivity index (χ1) is 8.47. The van der Waals surface area contributed by atoms with E-state index in [-0.39, 0.29) is 5.92 Å². The minimum atomic E-state index is -3.09. The van der Waals surface area contributed by atoms with E-state index < -0.39 is 16.1 Å². The second-order valence-electron chi connectivity index (χ2n) is 4.90. The van der Waals surface area contributed by atoms with Crippen molar-refractivity contribution < 1.29 is 13.5 Å². The average Bonchev–Trinajstić information content (AvgIpc) is 2.81. The Bertz CT molecular complexity index is 470. The van der Waals surface area contributed by atoms with Gasteiger partial charge in [-0.2, -0.15) is 0 Å². The van der Waals surface area contributed by atoms with E-state index in [4.69, 9.17) is 0 Å². The summed E-state index contributed by atoms with van der Waals surface area (Å²) < 4.78 is 24.6. The van der Waals surface area contributed by atoms with Crippen LogP contribution in [0.3, 0.4) is 0 Å². The summed E-state index contributed by atoms with van der Waals surface area (Å²) in [6.07, 6.45) is 3.32. The van der Waals surface area contributed by atoms with Crippen LogP contribution in [0.5, 0.6) is 0 Å². The molecule has 1 aromatic heterocycles. The van der Waals surface area contributed by atoms with E-state index in [0.717, 1.165) is 17.7 Å². The van der Waals surface area contributed by atoms with Crippen LogP contribution in [0, 0.1) is 5.92 Å². The first-order valence-electron chi connectivity index (χ1n) is 6.13. The van der Waals surface area contributed by atoms with Gasteiger partial charge in [0.15, 0.2) is 0 Å². The molecule has 1 saturated heterocycles. The van der Waals surface area contributed by atoms with Crippen LogP contribution in [0.2, 0.25) is 0 Å². The van der Waals surface area contributed by atoms with Crippen molar-refractivity contribution in [2.75, 3.05) is 19.3 Å². The lowest BCUT2D eigenvalue weighted by Gasteiger charge is -2.31. The molecule has 4 nitrogen and oxygen atoms in total. The number of aliphatic hydroxyl groups is 1. The minimum absolute atomic E-state index is 0.255. The van der Waals surface area contributed by atoms with E-state index in [1.54, 1.807) is 11.3 Å². The van der Waals surface area contributed by atoms with Crippen molar-refractivity contribution >= 4 is 21.4 Å². The first kappa shape index (κ1) is 14.0. The zero-order valence-electron chi connectivity index (χ0n) is 10.4. The molecule has 0 amide bonds. The Balaban J connectivity index is 1.94. The molecule has 102 valence electrons. The predicted molar refractivity (Wildman–Crippen MR) is 73.0 cm³/mol. The van der Waals surface area contributed by atoms with Gasteiger partial charge in [-0.3, -0.25) is 0 Å². The van der Waals surface area contributed by atoms with E-state index >= 15 is 0 Å². The van der Waals surface area contributed by atoms with Crippen LogP contribution in [0.25, 0.3) is 0 Å². The van der Waals surface area contributed by atoms with Gasteiger partial charge in [-0.1, -0.05) is 6.07 Å². The summed E-state index contributed by atoms with van der Waals surface area (Å²) in [7, 11) is -3.09. The van der Waals surface area contributed by atoms with Gasteiger partial charge in [-0.25, -0.2) is 12.7 Å². The van der Waals surface area contributed by atoms with Crippen LogP contribution in [0.15, 0.2) is 17.5 Å². The van der Waals surface area contributed by atoms with Gasteiger partial charge in [0.1, 0.15) is 0 Å². The molecule has 0 spiro atoms. The normalized spacial score (nSPS) is 24.0. The number of nitrogens with zero attached hydrogens (tertiary/aromatic N) is 1. The Morgan fingerprint density at radius 3 is 3.00 bits per heavy atom. The molecular weight excluding hydrogens is 270 g/mol. The molecule has 0 bridgehead atoms. The zero-order chi connectivity index (χ0) is 13.2. The van der Waals surface area contributed by atoms with Crippen LogP contribution in [-0.4, -0.2) is 37.2 Å². The maximum Gasteiger partial charge on any atom is 0.211 e. The van der Waals surface area contributed by atoms with Crippen molar-refractivity contribution in [3.05, 3.63) is 22.4 Å². The molecule has 6 heteroatoms. The average molecular weight is 289 g/mol. The van der Waals surface area contributed by atoms with Gasteiger partial charge in [0, 0.05) is 18.0 Å². The number of hydrogen-bond acceptors (Lipinski definition) is 4. The van der Waals surface area contributed by atoms with Crippen molar-refractivity contribution in [3.8, 4) is 0 Å². The lowest BCUT2D eigenvalue weighted by Crippen LogP contribution is -2.39. The van der Waals surface area contributed by atoms with Gasteiger partial charge in [0.2, 0.25) is 10.0 Å². The number of thiophene rings is 1. The molecule has 2 rings (SSSR count). The number of aliphatic hydroxyl groups excluding tert-OH is 1. The fourth-order valence-electron chi connectivity index (χ4n) is 2.43. The van der Waals surface area contributed by atoms with E-state index in [1.165, 1.54) is 10.6 Å². The van der Waals surface area contributed by atoms with Gasteiger partial charge in [0.05, 0.1) is 12.4 Å². The molecule has 2 heterocycles. The number of rotatable bonds is 4. The summed E-state index contributed by atoms with van der Waals surface area (Å²) in [5.41, 5.74) is 0. The molecular formula is C12H19NO3S2. The molecule has 1 aromatic rings. The van der Waals surface area contributed by atoms with E-state index in [1.807, 2.05) is 17.5 Å². The van der Waals surface area contributed by atoms with E-state index in [0.29, 0.717) is 19.5 Å². The summed E-state index contributed by atoms with van der Waals surface area (Å²) in [6, 6.07) is 3.85. The van der Waals surface area contributed by atoms with Gasteiger partial charge in [-0.05, 0) is 36.6 Å². The number of hydrogen-bond donors (Lipinski definition) is 1. The number of piperidine rings is 1. The van der Waals surface area contributed by atoms with Gasteiger partial charge in [-0.15, -0.1) is 11.3 Å². The Morgan fingerprint density at radius 2 is 2.39 bits per heavy atom. The molecule has 2 unspecified atom stereocenters.